The topological polar surface area (TPSA) is 36.6 Å². The number of likely N-dealkylation sites (tertiary alicyclic amines) is 1. The van der Waals surface area contributed by atoms with Crippen molar-refractivity contribution in [3.05, 3.63) is 47.5 Å². The summed E-state index contributed by atoms with van der Waals surface area (Å²) in [6, 6.07) is 8.65. The molecule has 118 valence electrons. The van der Waals surface area contributed by atoms with Crippen LogP contribution in [0.15, 0.2) is 34.7 Å². The van der Waals surface area contributed by atoms with Crippen molar-refractivity contribution in [2.24, 2.45) is 5.92 Å². The first-order valence-corrected chi connectivity index (χ1v) is 7.78. The van der Waals surface area contributed by atoms with Crippen LogP contribution in [-0.2, 0) is 6.54 Å². The molecule has 0 aliphatic carbocycles. The Morgan fingerprint density at radius 1 is 1.36 bits per heavy atom. The first-order valence-electron chi connectivity index (χ1n) is 7.78. The Kier molecular flexibility index (Phi) is 4.32. The normalized spacial score (nSPS) is 20.5. The van der Waals surface area contributed by atoms with Crippen LogP contribution in [0.4, 0.5) is 4.39 Å². The second-order valence-electron chi connectivity index (χ2n) is 6.25. The number of aliphatic hydroxyl groups excluding tert-OH is 1. The highest BCUT2D eigenvalue weighted by Gasteiger charge is 2.26. The van der Waals surface area contributed by atoms with E-state index in [0.717, 1.165) is 48.7 Å². The summed E-state index contributed by atoms with van der Waals surface area (Å²) in [6.45, 7) is 6.39. The number of benzene rings is 1. The molecule has 1 aromatic heterocycles. The van der Waals surface area contributed by atoms with Crippen LogP contribution in [0.5, 0.6) is 0 Å². The fraction of sp³-hybridized carbons (Fsp3) is 0.444. The van der Waals surface area contributed by atoms with Crippen molar-refractivity contribution in [2.45, 2.75) is 32.9 Å². The Labute approximate surface area is 130 Å². The summed E-state index contributed by atoms with van der Waals surface area (Å²) in [5.74, 6) is 1.81. The minimum Gasteiger partial charge on any atom is -0.460 e. The average Bonchev–Trinajstić information content (AvgIpc) is 3.09. The van der Waals surface area contributed by atoms with E-state index in [1.54, 1.807) is 6.07 Å². The Bertz CT molecular complexity index is 650. The molecule has 0 bridgehead atoms. The van der Waals surface area contributed by atoms with E-state index < -0.39 is 0 Å². The Morgan fingerprint density at radius 2 is 2.18 bits per heavy atom. The molecule has 1 N–H and O–H groups in total. The molecule has 0 spiro atoms. The van der Waals surface area contributed by atoms with Crippen LogP contribution in [0.3, 0.4) is 0 Å². The van der Waals surface area contributed by atoms with Crippen LogP contribution >= 0.6 is 0 Å². The summed E-state index contributed by atoms with van der Waals surface area (Å²) < 4.78 is 19.1. The number of hydrogen-bond donors (Lipinski definition) is 1. The van der Waals surface area contributed by atoms with Gasteiger partial charge < -0.3 is 9.52 Å². The summed E-state index contributed by atoms with van der Waals surface area (Å²) in [4.78, 5) is 2.30. The van der Waals surface area contributed by atoms with Crippen LogP contribution in [0, 0.1) is 18.7 Å². The van der Waals surface area contributed by atoms with E-state index in [1.165, 1.54) is 12.1 Å². The van der Waals surface area contributed by atoms with E-state index in [4.69, 9.17) is 4.42 Å². The lowest BCUT2D eigenvalue weighted by atomic mass is 10.0. The molecule has 2 heterocycles. The second kappa shape index (κ2) is 6.23. The van der Waals surface area contributed by atoms with Crippen molar-refractivity contribution in [1.82, 2.24) is 4.90 Å². The third-order valence-corrected chi connectivity index (χ3v) is 4.49. The molecule has 2 atom stereocenters. The fourth-order valence-corrected chi connectivity index (χ4v) is 3.13. The van der Waals surface area contributed by atoms with Gasteiger partial charge in [-0.2, -0.15) is 0 Å². The standard InChI is InChI=1S/C18H22FNO2/c1-12-9-15(19)3-5-17(12)18-6-4-16(22-18)11-20-8-7-14(10-20)13(2)21/h3-6,9,13-14,21H,7-8,10-11H2,1-2H3. The molecule has 0 radical (unpaired) electrons. The highest BCUT2D eigenvalue weighted by molar-refractivity contribution is 5.62. The molecule has 0 amide bonds. The van der Waals surface area contributed by atoms with Crippen LogP contribution < -0.4 is 0 Å². The minimum atomic E-state index is -0.251. The van der Waals surface area contributed by atoms with Crippen LogP contribution in [0.2, 0.25) is 0 Å². The number of nitrogens with zero attached hydrogens (tertiary/aromatic N) is 1. The number of halogens is 1. The molecule has 22 heavy (non-hydrogen) atoms. The average molecular weight is 303 g/mol. The molecule has 1 aromatic carbocycles. The molecular formula is C18H22FNO2. The predicted molar refractivity (Wildman–Crippen MR) is 83.9 cm³/mol. The molecule has 1 aliphatic rings. The van der Waals surface area contributed by atoms with Gasteiger partial charge in [-0.15, -0.1) is 0 Å². The number of furan rings is 1. The number of aliphatic hydroxyl groups is 1. The van der Waals surface area contributed by atoms with E-state index >= 15 is 0 Å². The molecule has 2 unspecified atom stereocenters. The van der Waals surface area contributed by atoms with Gasteiger partial charge in [-0.25, -0.2) is 4.39 Å². The third-order valence-electron chi connectivity index (χ3n) is 4.49. The third kappa shape index (κ3) is 3.23. The molecule has 2 aromatic rings. The summed E-state index contributed by atoms with van der Waals surface area (Å²) in [5.41, 5.74) is 1.80. The highest BCUT2D eigenvalue weighted by Crippen LogP contribution is 2.28. The predicted octanol–water partition coefficient (Wildman–Crippen LogP) is 3.60. The Balaban J connectivity index is 1.69. The van der Waals surface area contributed by atoms with Gasteiger partial charge in [0, 0.05) is 12.1 Å². The molecule has 1 aliphatic heterocycles. The maximum absolute atomic E-state index is 13.2. The first-order chi connectivity index (χ1) is 10.5. The maximum Gasteiger partial charge on any atom is 0.134 e. The fourth-order valence-electron chi connectivity index (χ4n) is 3.13. The molecule has 4 heteroatoms. The lowest BCUT2D eigenvalue weighted by molar-refractivity contribution is 0.126. The van der Waals surface area contributed by atoms with E-state index in [0.29, 0.717) is 5.92 Å². The van der Waals surface area contributed by atoms with Crippen LogP contribution in [0.1, 0.15) is 24.7 Å². The van der Waals surface area contributed by atoms with Gasteiger partial charge in [0.05, 0.1) is 12.6 Å². The van der Waals surface area contributed by atoms with Gasteiger partial charge >= 0.3 is 0 Å². The van der Waals surface area contributed by atoms with Gasteiger partial charge in [0.25, 0.3) is 0 Å². The SMILES string of the molecule is Cc1cc(F)ccc1-c1ccc(CN2CCC(C(C)O)C2)o1. The number of hydrogen-bond acceptors (Lipinski definition) is 3. The van der Waals surface area contributed by atoms with Gasteiger partial charge in [-0.05, 0) is 68.6 Å². The summed E-state index contributed by atoms with van der Waals surface area (Å²) in [5, 5.41) is 9.66. The van der Waals surface area contributed by atoms with E-state index in [2.05, 4.69) is 4.90 Å². The van der Waals surface area contributed by atoms with Crippen LogP contribution in [-0.4, -0.2) is 29.2 Å². The number of aryl methyl sites for hydroxylation is 1. The van der Waals surface area contributed by atoms with Gasteiger partial charge in [0.2, 0.25) is 0 Å². The Morgan fingerprint density at radius 3 is 2.86 bits per heavy atom. The van der Waals surface area contributed by atoms with Gasteiger partial charge in [-0.1, -0.05) is 0 Å². The second-order valence-corrected chi connectivity index (χ2v) is 6.25. The van der Waals surface area contributed by atoms with Crippen molar-refractivity contribution in [3.63, 3.8) is 0 Å². The molecule has 1 saturated heterocycles. The largest absolute Gasteiger partial charge is 0.460 e. The molecule has 3 rings (SSSR count). The molecule has 3 nitrogen and oxygen atoms in total. The Hall–Kier alpha value is -1.65. The molecular weight excluding hydrogens is 281 g/mol. The molecule has 0 saturated carbocycles. The highest BCUT2D eigenvalue weighted by atomic mass is 19.1. The van der Waals surface area contributed by atoms with Crippen molar-refractivity contribution in [2.75, 3.05) is 13.1 Å². The van der Waals surface area contributed by atoms with E-state index in [9.17, 15) is 9.50 Å². The van der Waals surface area contributed by atoms with Crippen LogP contribution in [0.25, 0.3) is 11.3 Å². The zero-order chi connectivity index (χ0) is 15.7. The zero-order valence-electron chi connectivity index (χ0n) is 13.1. The molecule has 1 fully saturated rings. The van der Waals surface area contributed by atoms with Gasteiger partial charge in [0.15, 0.2) is 0 Å². The quantitative estimate of drug-likeness (QED) is 0.937. The summed E-state index contributed by atoms with van der Waals surface area (Å²) >= 11 is 0. The first kappa shape index (κ1) is 15.3. The zero-order valence-corrected chi connectivity index (χ0v) is 13.1. The maximum atomic E-state index is 13.2. The summed E-state index contributed by atoms with van der Waals surface area (Å²) in [6.07, 6.45) is 0.779. The summed E-state index contributed by atoms with van der Waals surface area (Å²) in [7, 11) is 0. The van der Waals surface area contributed by atoms with Crippen molar-refractivity contribution in [3.8, 4) is 11.3 Å². The van der Waals surface area contributed by atoms with E-state index in [1.807, 2.05) is 26.0 Å². The lowest BCUT2D eigenvalue weighted by Crippen LogP contribution is -2.23. The lowest BCUT2D eigenvalue weighted by Gasteiger charge is -2.16. The smallest absolute Gasteiger partial charge is 0.134 e. The monoisotopic (exact) mass is 303 g/mol. The number of rotatable bonds is 4. The van der Waals surface area contributed by atoms with Crippen molar-refractivity contribution in [1.29, 1.82) is 0 Å². The minimum absolute atomic E-state index is 0.228. The van der Waals surface area contributed by atoms with Gasteiger partial charge in [-0.3, -0.25) is 4.90 Å². The van der Waals surface area contributed by atoms with Crippen molar-refractivity contribution < 1.29 is 13.9 Å². The van der Waals surface area contributed by atoms with E-state index in [-0.39, 0.29) is 11.9 Å². The van der Waals surface area contributed by atoms with Crippen molar-refractivity contribution >= 4 is 0 Å². The van der Waals surface area contributed by atoms with Gasteiger partial charge in [0.1, 0.15) is 17.3 Å².